The first kappa shape index (κ1) is 32.4. The van der Waals surface area contributed by atoms with E-state index >= 15 is 0 Å². The van der Waals surface area contributed by atoms with E-state index in [2.05, 4.69) is 5.32 Å². The van der Waals surface area contributed by atoms with Crippen molar-refractivity contribution in [1.82, 2.24) is 10.2 Å². The van der Waals surface area contributed by atoms with Crippen molar-refractivity contribution >= 4 is 39.1 Å². The van der Waals surface area contributed by atoms with E-state index in [4.69, 9.17) is 21.1 Å². The lowest BCUT2D eigenvalue weighted by Gasteiger charge is -2.34. The number of hydrogen-bond donors (Lipinski definition) is 1. The zero-order valence-corrected chi connectivity index (χ0v) is 26.2. The van der Waals surface area contributed by atoms with Crippen LogP contribution in [-0.2, 0) is 32.6 Å². The second kappa shape index (κ2) is 14.8. The second-order valence-corrected chi connectivity index (χ2v) is 12.1. The SMILES string of the molecule is CNC(=O)C(Cc1ccccc1)N(Cc1ccc(Cl)cc1)C(=O)CN(c1cc(OC)ccc1OC)S(=O)(=O)c1ccccc1. The number of carbonyl (C=O) groups excluding carboxylic acids is 2. The molecule has 0 saturated carbocycles. The molecule has 9 nitrogen and oxygen atoms in total. The summed E-state index contributed by atoms with van der Waals surface area (Å²) in [6.07, 6.45) is 0.202. The number of anilines is 1. The molecule has 0 aliphatic rings. The number of carbonyl (C=O) groups is 2. The van der Waals surface area contributed by atoms with Gasteiger partial charge >= 0.3 is 0 Å². The maximum absolute atomic E-state index is 14.4. The fourth-order valence-corrected chi connectivity index (χ4v) is 6.30. The third kappa shape index (κ3) is 7.69. The summed E-state index contributed by atoms with van der Waals surface area (Å²) in [4.78, 5) is 29.2. The molecule has 0 heterocycles. The van der Waals surface area contributed by atoms with E-state index in [1.807, 2.05) is 30.3 Å². The average Bonchev–Trinajstić information content (AvgIpc) is 3.06. The Balaban J connectivity index is 1.84. The minimum atomic E-state index is -4.30. The fraction of sp³-hybridized carbons (Fsp3) is 0.212. The highest BCUT2D eigenvalue weighted by molar-refractivity contribution is 7.92. The summed E-state index contributed by atoms with van der Waals surface area (Å²) in [7, 11) is 0.0697. The second-order valence-electron chi connectivity index (χ2n) is 9.83. The molecule has 2 amide bonds. The summed E-state index contributed by atoms with van der Waals surface area (Å²) in [6.45, 7) is -0.605. The highest BCUT2D eigenvalue weighted by atomic mass is 35.5. The van der Waals surface area contributed by atoms with E-state index in [-0.39, 0.29) is 29.3 Å². The highest BCUT2D eigenvalue weighted by Gasteiger charge is 2.35. The number of likely N-dealkylation sites (N-methyl/N-ethyl adjacent to an activating group) is 1. The van der Waals surface area contributed by atoms with Gasteiger partial charge in [0.15, 0.2) is 0 Å². The fourth-order valence-electron chi connectivity index (χ4n) is 4.73. The largest absolute Gasteiger partial charge is 0.497 e. The first-order valence-electron chi connectivity index (χ1n) is 13.8. The monoisotopic (exact) mass is 635 g/mol. The molecule has 1 unspecified atom stereocenters. The van der Waals surface area contributed by atoms with Gasteiger partial charge in [-0.3, -0.25) is 13.9 Å². The summed E-state index contributed by atoms with van der Waals surface area (Å²) in [5.74, 6) is -0.414. The van der Waals surface area contributed by atoms with E-state index in [1.54, 1.807) is 54.6 Å². The van der Waals surface area contributed by atoms with E-state index in [0.717, 1.165) is 9.87 Å². The smallest absolute Gasteiger partial charge is 0.264 e. The molecule has 11 heteroatoms. The van der Waals surface area contributed by atoms with Crippen molar-refractivity contribution in [2.24, 2.45) is 0 Å². The zero-order chi connectivity index (χ0) is 31.7. The number of nitrogens with one attached hydrogen (secondary N) is 1. The number of methoxy groups -OCH3 is 2. The van der Waals surface area contributed by atoms with Crippen molar-refractivity contribution in [1.29, 1.82) is 0 Å². The van der Waals surface area contributed by atoms with Crippen LogP contribution in [-0.4, -0.2) is 59.0 Å². The van der Waals surface area contributed by atoms with Crippen molar-refractivity contribution in [3.8, 4) is 11.5 Å². The lowest BCUT2D eigenvalue weighted by atomic mass is 10.0. The normalized spacial score (nSPS) is 11.7. The van der Waals surface area contributed by atoms with E-state index in [1.165, 1.54) is 44.4 Å². The van der Waals surface area contributed by atoms with Crippen LogP contribution in [0.15, 0.2) is 108 Å². The summed E-state index contributed by atoms with van der Waals surface area (Å²) >= 11 is 6.11. The quantitative estimate of drug-likeness (QED) is 0.223. The van der Waals surface area contributed by atoms with Crippen LogP contribution < -0.4 is 19.1 Å². The average molecular weight is 636 g/mol. The third-order valence-corrected chi connectivity index (χ3v) is 9.07. The number of ether oxygens (including phenoxy) is 2. The van der Waals surface area contributed by atoms with E-state index in [9.17, 15) is 18.0 Å². The Kier molecular flexibility index (Phi) is 10.9. The Labute approximate surface area is 263 Å². The van der Waals surface area contributed by atoms with Gasteiger partial charge in [0.05, 0.1) is 24.8 Å². The number of nitrogens with zero attached hydrogens (tertiary/aromatic N) is 2. The van der Waals surface area contributed by atoms with Crippen LogP contribution in [0.1, 0.15) is 11.1 Å². The molecular weight excluding hydrogens is 602 g/mol. The first-order valence-corrected chi connectivity index (χ1v) is 15.6. The summed E-state index contributed by atoms with van der Waals surface area (Å²) in [5, 5.41) is 3.19. The molecule has 0 aliphatic heterocycles. The number of hydrogen-bond acceptors (Lipinski definition) is 6. The minimum absolute atomic E-state index is 0.0194. The van der Waals surface area contributed by atoms with Crippen molar-refractivity contribution < 1.29 is 27.5 Å². The lowest BCUT2D eigenvalue weighted by molar-refractivity contribution is -0.139. The molecule has 4 rings (SSSR count). The third-order valence-electron chi connectivity index (χ3n) is 7.05. The number of rotatable bonds is 13. The molecule has 0 radical (unpaired) electrons. The van der Waals surface area contributed by atoms with Gasteiger partial charge in [0.25, 0.3) is 10.0 Å². The van der Waals surface area contributed by atoms with Crippen molar-refractivity contribution in [3.05, 3.63) is 119 Å². The number of amides is 2. The van der Waals surface area contributed by atoms with Gasteiger partial charge in [-0.05, 0) is 47.5 Å². The number of sulfonamides is 1. The van der Waals surface area contributed by atoms with Gasteiger partial charge in [0, 0.05) is 31.1 Å². The van der Waals surface area contributed by atoms with Crippen LogP contribution in [0.5, 0.6) is 11.5 Å². The summed E-state index contributed by atoms with van der Waals surface area (Å²) in [5.41, 5.74) is 1.65. The van der Waals surface area contributed by atoms with Gasteiger partial charge in [-0.2, -0.15) is 0 Å². The summed E-state index contributed by atoms with van der Waals surface area (Å²) < 4.78 is 40.2. The molecule has 0 fully saturated rings. The molecule has 230 valence electrons. The molecule has 0 saturated heterocycles. The van der Waals surface area contributed by atoms with E-state index < -0.39 is 34.4 Å². The molecule has 0 aliphatic carbocycles. The molecule has 0 spiro atoms. The minimum Gasteiger partial charge on any atom is -0.497 e. The van der Waals surface area contributed by atoms with Crippen molar-refractivity contribution in [2.45, 2.75) is 23.9 Å². The van der Waals surface area contributed by atoms with Crippen molar-refractivity contribution in [2.75, 3.05) is 32.1 Å². The Bertz CT molecular complexity index is 1670. The van der Waals surface area contributed by atoms with Gasteiger partial charge in [0.2, 0.25) is 11.8 Å². The Hall–Kier alpha value is -4.54. The highest BCUT2D eigenvalue weighted by Crippen LogP contribution is 2.36. The Morgan fingerprint density at radius 2 is 1.48 bits per heavy atom. The molecule has 1 atom stereocenters. The molecule has 0 aromatic heterocycles. The van der Waals surface area contributed by atoms with Gasteiger partial charge in [0.1, 0.15) is 24.1 Å². The van der Waals surface area contributed by atoms with Crippen LogP contribution in [0.4, 0.5) is 5.69 Å². The van der Waals surface area contributed by atoms with Crippen LogP contribution in [0.2, 0.25) is 5.02 Å². The predicted molar refractivity (Wildman–Crippen MR) is 171 cm³/mol. The molecule has 44 heavy (non-hydrogen) atoms. The number of benzene rings is 4. The molecule has 4 aromatic carbocycles. The molecular formula is C33H34ClN3O6S. The Morgan fingerprint density at radius 1 is 0.841 bits per heavy atom. The first-order chi connectivity index (χ1) is 21.2. The van der Waals surface area contributed by atoms with Crippen molar-refractivity contribution in [3.63, 3.8) is 0 Å². The lowest BCUT2D eigenvalue weighted by Crippen LogP contribution is -2.53. The van der Waals surface area contributed by atoms with Crippen LogP contribution in [0, 0.1) is 0 Å². The maximum atomic E-state index is 14.4. The van der Waals surface area contributed by atoms with Gasteiger partial charge in [-0.1, -0.05) is 72.3 Å². The molecule has 0 bridgehead atoms. The van der Waals surface area contributed by atoms with Crippen LogP contribution in [0.25, 0.3) is 0 Å². The Morgan fingerprint density at radius 3 is 2.07 bits per heavy atom. The predicted octanol–water partition coefficient (Wildman–Crippen LogP) is 4.94. The molecule has 4 aromatic rings. The number of halogens is 1. The maximum Gasteiger partial charge on any atom is 0.264 e. The van der Waals surface area contributed by atoms with E-state index in [0.29, 0.717) is 16.3 Å². The van der Waals surface area contributed by atoms with Gasteiger partial charge < -0.3 is 19.7 Å². The van der Waals surface area contributed by atoms with Crippen LogP contribution >= 0.6 is 11.6 Å². The van der Waals surface area contributed by atoms with Gasteiger partial charge in [-0.25, -0.2) is 8.42 Å². The topological polar surface area (TPSA) is 105 Å². The summed E-state index contributed by atoms with van der Waals surface area (Å²) in [6, 6.07) is 27.8. The van der Waals surface area contributed by atoms with Crippen LogP contribution in [0.3, 0.4) is 0 Å². The van der Waals surface area contributed by atoms with Gasteiger partial charge in [-0.15, -0.1) is 0 Å². The standard InChI is InChI=1S/C33H34ClN3O6S/c1-35-33(39)30(20-24-10-6-4-7-11-24)36(22-25-14-16-26(34)17-15-25)32(38)23-37(44(40,41)28-12-8-5-9-13-28)29-21-27(42-2)18-19-31(29)43-3/h4-19,21,30H,20,22-23H2,1-3H3,(H,35,39). The molecule has 1 N–H and O–H groups in total. The zero-order valence-electron chi connectivity index (χ0n) is 24.6.